The zero-order valence-corrected chi connectivity index (χ0v) is 14.9. The van der Waals surface area contributed by atoms with Crippen molar-refractivity contribution < 1.29 is 0 Å². The van der Waals surface area contributed by atoms with Gasteiger partial charge < -0.3 is 10.6 Å². The molecule has 0 unspecified atom stereocenters. The van der Waals surface area contributed by atoms with Crippen molar-refractivity contribution >= 4 is 11.9 Å². The summed E-state index contributed by atoms with van der Waals surface area (Å²) >= 11 is 0. The minimum absolute atomic E-state index is 0.717. The molecule has 3 nitrogen and oxygen atoms in total. The van der Waals surface area contributed by atoms with Crippen molar-refractivity contribution in [2.24, 2.45) is 4.99 Å². The van der Waals surface area contributed by atoms with Gasteiger partial charge in [0.1, 0.15) is 0 Å². The van der Waals surface area contributed by atoms with Crippen LogP contribution in [0.25, 0.3) is 0 Å². The van der Waals surface area contributed by atoms with E-state index in [4.69, 9.17) is 0 Å². The highest BCUT2D eigenvalue weighted by atomic mass is 14.9. The Bertz CT molecular complexity index is 600. The van der Waals surface area contributed by atoms with Crippen molar-refractivity contribution in [3.8, 4) is 0 Å². The first kappa shape index (κ1) is 18.2. The van der Waals surface area contributed by atoms with Crippen molar-refractivity contribution in [1.29, 1.82) is 0 Å². The lowest BCUT2D eigenvalue weighted by Gasteiger charge is -2.07. The normalized spacial score (nSPS) is 11.1. The molecule has 2 aromatic carbocycles. The number of rotatable bonds is 10. The molecule has 0 amide bonds. The molecule has 0 bridgehead atoms. The third-order valence-electron chi connectivity index (χ3n) is 3.83. The molecule has 0 aromatic heterocycles. The summed E-state index contributed by atoms with van der Waals surface area (Å²) in [4.78, 5) is 4.52. The average Bonchev–Trinajstić information content (AvgIpc) is 2.61. The van der Waals surface area contributed by atoms with Gasteiger partial charge in [-0.3, -0.25) is 4.99 Å². The van der Waals surface area contributed by atoms with Gasteiger partial charge in [0.25, 0.3) is 0 Å². The molecule has 0 radical (unpaired) electrons. The van der Waals surface area contributed by atoms with Crippen molar-refractivity contribution in [2.45, 2.75) is 33.2 Å². The van der Waals surface area contributed by atoms with Crippen LogP contribution in [0.5, 0.6) is 0 Å². The molecule has 0 heterocycles. The van der Waals surface area contributed by atoms with Gasteiger partial charge in [-0.05, 0) is 56.1 Å². The van der Waals surface area contributed by atoms with Crippen LogP contribution in [-0.4, -0.2) is 25.8 Å². The molecule has 0 atom stereocenters. The summed E-state index contributed by atoms with van der Waals surface area (Å²) in [5, 5.41) is 6.87. The first-order chi connectivity index (χ1) is 11.8. The summed E-state index contributed by atoms with van der Waals surface area (Å²) < 4.78 is 0. The molecule has 0 aliphatic heterocycles. The van der Waals surface area contributed by atoms with Crippen molar-refractivity contribution in [3.05, 3.63) is 65.2 Å². The second-order valence-corrected chi connectivity index (χ2v) is 6.11. The van der Waals surface area contributed by atoms with Crippen LogP contribution >= 0.6 is 0 Å². The predicted molar refractivity (Wildman–Crippen MR) is 105 cm³/mol. The van der Waals surface area contributed by atoms with Gasteiger partial charge in [-0.15, -0.1) is 0 Å². The lowest BCUT2D eigenvalue weighted by atomic mass is 10.2. The fraction of sp³-hybridized carbons (Fsp3) is 0.381. The molecular weight excluding hydrogens is 294 g/mol. The van der Waals surface area contributed by atoms with Crippen LogP contribution in [0.4, 0.5) is 5.69 Å². The highest BCUT2D eigenvalue weighted by Gasteiger charge is 1.94. The van der Waals surface area contributed by atoms with E-state index in [9.17, 15) is 0 Å². The number of hydrogen-bond donors (Lipinski definition) is 2. The molecule has 2 N–H and O–H groups in total. The molecular formula is C21H29N3. The minimum Gasteiger partial charge on any atom is -0.385 e. The zero-order valence-electron chi connectivity index (χ0n) is 14.9. The quantitative estimate of drug-likeness (QED) is 0.502. The maximum Gasteiger partial charge on any atom is 0.0640 e. The number of anilines is 1. The Labute approximate surface area is 146 Å². The molecule has 0 fully saturated rings. The van der Waals surface area contributed by atoms with E-state index >= 15 is 0 Å². The van der Waals surface area contributed by atoms with E-state index in [2.05, 4.69) is 78.0 Å². The largest absolute Gasteiger partial charge is 0.385 e. The molecule has 0 saturated carbocycles. The smallest absolute Gasteiger partial charge is 0.0640 e. The summed E-state index contributed by atoms with van der Waals surface area (Å²) in [6.07, 6.45) is 4.28. The summed E-state index contributed by atoms with van der Waals surface area (Å²) in [6.45, 7) is 8.19. The number of aryl methyl sites for hydroxylation is 1. The molecule has 2 rings (SSSR count). The van der Waals surface area contributed by atoms with Crippen LogP contribution in [0.15, 0.2) is 53.5 Å². The first-order valence-corrected chi connectivity index (χ1v) is 8.88. The highest BCUT2D eigenvalue weighted by molar-refractivity contribution is 5.79. The lowest BCUT2D eigenvalue weighted by molar-refractivity contribution is 0.652. The Morgan fingerprint density at radius 3 is 2.38 bits per heavy atom. The molecule has 3 heteroatoms. The zero-order chi connectivity index (χ0) is 17.0. The topological polar surface area (TPSA) is 36.4 Å². The van der Waals surface area contributed by atoms with Crippen molar-refractivity contribution in [3.63, 3.8) is 0 Å². The second kappa shape index (κ2) is 10.6. The number of nitrogens with zero attached hydrogens (tertiary/aromatic N) is 1. The van der Waals surface area contributed by atoms with Crippen LogP contribution in [0.2, 0.25) is 0 Å². The molecule has 0 spiro atoms. The van der Waals surface area contributed by atoms with Gasteiger partial charge in [0, 0.05) is 18.4 Å². The summed E-state index contributed by atoms with van der Waals surface area (Å²) in [5.74, 6) is 0. The Morgan fingerprint density at radius 1 is 0.917 bits per heavy atom. The first-order valence-electron chi connectivity index (χ1n) is 8.88. The Hall–Kier alpha value is -2.13. The fourth-order valence-electron chi connectivity index (χ4n) is 2.38. The van der Waals surface area contributed by atoms with E-state index in [0.29, 0.717) is 0 Å². The van der Waals surface area contributed by atoms with Crippen molar-refractivity contribution in [2.75, 3.05) is 25.0 Å². The SMILES string of the molecule is CCCNCCCNc1ccc(CN=Cc2ccc(C)cc2)cc1. The van der Waals surface area contributed by atoms with Gasteiger partial charge in [-0.1, -0.05) is 48.9 Å². The third kappa shape index (κ3) is 6.97. The van der Waals surface area contributed by atoms with Gasteiger partial charge in [0.05, 0.1) is 6.54 Å². The Balaban J connectivity index is 1.70. The molecule has 24 heavy (non-hydrogen) atoms. The van der Waals surface area contributed by atoms with Gasteiger partial charge in [-0.25, -0.2) is 0 Å². The number of hydrogen-bond acceptors (Lipinski definition) is 3. The lowest BCUT2D eigenvalue weighted by Crippen LogP contribution is -2.18. The van der Waals surface area contributed by atoms with Crippen LogP contribution in [0.1, 0.15) is 36.5 Å². The number of aliphatic imine (C=N–C) groups is 1. The maximum absolute atomic E-state index is 4.52. The maximum atomic E-state index is 4.52. The summed E-state index contributed by atoms with van der Waals surface area (Å²) in [6, 6.07) is 17.0. The van der Waals surface area contributed by atoms with Gasteiger partial charge in [-0.2, -0.15) is 0 Å². The van der Waals surface area contributed by atoms with Gasteiger partial charge in [0.15, 0.2) is 0 Å². The van der Waals surface area contributed by atoms with Crippen LogP contribution in [0, 0.1) is 6.92 Å². The van der Waals surface area contributed by atoms with Crippen LogP contribution in [0.3, 0.4) is 0 Å². The molecule has 128 valence electrons. The monoisotopic (exact) mass is 323 g/mol. The van der Waals surface area contributed by atoms with E-state index in [1.165, 1.54) is 23.2 Å². The van der Waals surface area contributed by atoms with Gasteiger partial charge in [0.2, 0.25) is 0 Å². The van der Waals surface area contributed by atoms with Crippen LogP contribution < -0.4 is 10.6 Å². The van der Waals surface area contributed by atoms with Crippen molar-refractivity contribution in [1.82, 2.24) is 5.32 Å². The standard InChI is InChI=1S/C21H29N3/c1-3-13-22-14-4-15-24-21-11-9-20(10-12-21)17-23-16-19-7-5-18(2)6-8-19/h5-12,16,22,24H,3-4,13-15,17H2,1-2H3. The summed E-state index contributed by atoms with van der Waals surface area (Å²) in [5.41, 5.74) is 4.83. The molecule has 0 aliphatic carbocycles. The Morgan fingerprint density at radius 2 is 1.67 bits per heavy atom. The molecule has 0 saturated heterocycles. The van der Waals surface area contributed by atoms with Crippen LogP contribution in [-0.2, 0) is 6.54 Å². The molecule has 0 aliphatic rings. The van der Waals surface area contributed by atoms with E-state index in [-0.39, 0.29) is 0 Å². The van der Waals surface area contributed by atoms with E-state index in [0.717, 1.165) is 38.2 Å². The Kier molecular flexibility index (Phi) is 8.05. The minimum atomic E-state index is 0.717. The second-order valence-electron chi connectivity index (χ2n) is 6.11. The van der Waals surface area contributed by atoms with Gasteiger partial charge >= 0.3 is 0 Å². The van der Waals surface area contributed by atoms with E-state index in [1.807, 2.05) is 6.21 Å². The number of benzene rings is 2. The molecule has 2 aromatic rings. The van der Waals surface area contributed by atoms with E-state index in [1.54, 1.807) is 0 Å². The number of nitrogens with one attached hydrogen (secondary N) is 2. The predicted octanol–water partition coefficient (Wildman–Crippen LogP) is 4.42. The third-order valence-corrected chi connectivity index (χ3v) is 3.83. The highest BCUT2D eigenvalue weighted by Crippen LogP contribution is 2.10. The summed E-state index contributed by atoms with van der Waals surface area (Å²) in [7, 11) is 0. The average molecular weight is 323 g/mol. The fourth-order valence-corrected chi connectivity index (χ4v) is 2.38. The van der Waals surface area contributed by atoms with E-state index < -0.39 is 0 Å².